The predicted octanol–water partition coefficient (Wildman–Crippen LogP) is 3.43. The van der Waals surface area contributed by atoms with Crippen molar-refractivity contribution in [2.75, 3.05) is 19.8 Å². The van der Waals surface area contributed by atoms with Crippen molar-refractivity contribution in [3.8, 4) is 5.88 Å². The summed E-state index contributed by atoms with van der Waals surface area (Å²) in [5.74, 6) is 0.464. The maximum atomic E-state index is 6.16. The van der Waals surface area contributed by atoms with E-state index >= 15 is 0 Å². The smallest absolute Gasteiger partial charge is 0.232 e. The zero-order chi connectivity index (χ0) is 15.0. The van der Waals surface area contributed by atoms with Crippen LogP contribution in [-0.2, 0) is 11.3 Å². The van der Waals surface area contributed by atoms with Crippen LogP contribution in [0, 0.1) is 0 Å². The van der Waals surface area contributed by atoms with Gasteiger partial charge >= 0.3 is 0 Å². The van der Waals surface area contributed by atoms with Gasteiger partial charge in [0.05, 0.1) is 6.61 Å². The highest BCUT2D eigenvalue weighted by Gasteiger charge is 2.10. The van der Waals surface area contributed by atoms with E-state index in [2.05, 4.69) is 38.0 Å². The largest absolute Gasteiger partial charge is 0.474 e. The molecule has 1 aromatic rings. The van der Waals surface area contributed by atoms with E-state index in [0.29, 0.717) is 24.1 Å². The molecule has 0 atom stereocenters. The van der Waals surface area contributed by atoms with Crippen LogP contribution in [0.25, 0.3) is 0 Å². The van der Waals surface area contributed by atoms with Gasteiger partial charge in [0.25, 0.3) is 0 Å². The third-order valence-electron chi connectivity index (χ3n) is 2.50. The maximum Gasteiger partial charge on any atom is 0.232 e. The van der Waals surface area contributed by atoms with Crippen LogP contribution in [0.15, 0.2) is 12.3 Å². The van der Waals surface area contributed by atoms with Crippen LogP contribution in [0.4, 0.5) is 0 Å². The Balaban J connectivity index is 2.43. The Labute approximate surface area is 126 Å². The van der Waals surface area contributed by atoms with Crippen molar-refractivity contribution < 1.29 is 9.47 Å². The highest BCUT2D eigenvalue weighted by molar-refractivity contribution is 6.31. The molecule has 0 amide bonds. The Kier molecular flexibility index (Phi) is 7.27. The van der Waals surface area contributed by atoms with Gasteiger partial charge < -0.3 is 14.8 Å². The molecule has 0 unspecified atom stereocenters. The van der Waals surface area contributed by atoms with Crippen LogP contribution in [0.1, 0.15) is 39.7 Å². The van der Waals surface area contributed by atoms with E-state index < -0.39 is 0 Å². The van der Waals surface area contributed by atoms with Crippen molar-refractivity contribution >= 4 is 11.6 Å². The van der Waals surface area contributed by atoms with Crippen molar-refractivity contribution in [1.82, 2.24) is 10.3 Å². The highest BCUT2D eigenvalue weighted by atomic mass is 35.5. The SMILES string of the molecule is CCCOCCOc1ncc(CNC(C)(C)C)cc1Cl. The summed E-state index contributed by atoms with van der Waals surface area (Å²) in [6, 6.07) is 1.88. The van der Waals surface area contributed by atoms with Crippen molar-refractivity contribution in [2.45, 2.75) is 46.2 Å². The molecule has 0 spiro atoms. The molecule has 0 bridgehead atoms. The normalized spacial score (nSPS) is 11.7. The average molecular weight is 301 g/mol. The second-order valence-electron chi connectivity index (χ2n) is 5.69. The van der Waals surface area contributed by atoms with Crippen LogP contribution in [-0.4, -0.2) is 30.3 Å². The van der Waals surface area contributed by atoms with E-state index in [1.165, 1.54) is 0 Å². The molecule has 1 N–H and O–H groups in total. The molecule has 1 heterocycles. The van der Waals surface area contributed by atoms with E-state index in [1.807, 2.05) is 6.07 Å². The second kappa shape index (κ2) is 8.45. The Morgan fingerprint density at radius 3 is 2.60 bits per heavy atom. The Bertz CT molecular complexity index is 405. The Morgan fingerprint density at radius 2 is 2.00 bits per heavy atom. The summed E-state index contributed by atoms with van der Waals surface area (Å²) in [6.07, 6.45) is 2.79. The maximum absolute atomic E-state index is 6.16. The number of halogens is 1. The van der Waals surface area contributed by atoms with Crippen LogP contribution in [0.5, 0.6) is 5.88 Å². The van der Waals surface area contributed by atoms with E-state index in [-0.39, 0.29) is 5.54 Å². The quantitative estimate of drug-likeness (QED) is 0.747. The number of ether oxygens (including phenoxy) is 2. The Morgan fingerprint density at radius 1 is 1.25 bits per heavy atom. The van der Waals surface area contributed by atoms with Gasteiger partial charge in [0, 0.05) is 24.9 Å². The molecule has 4 nitrogen and oxygen atoms in total. The van der Waals surface area contributed by atoms with Crippen LogP contribution >= 0.6 is 11.6 Å². The molecule has 0 aliphatic carbocycles. The lowest BCUT2D eigenvalue weighted by Gasteiger charge is -2.20. The van der Waals surface area contributed by atoms with Gasteiger partial charge in [-0.25, -0.2) is 4.98 Å². The first kappa shape index (κ1) is 17.2. The van der Waals surface area contributed by atoms with Gasteiger partial charge in [0.1, 0.15) is 11.6 Å². The highest BCUT2D eigenvalue weighted by Crippen LogP contribution is 2.22. The molecule has 0 aliphatic rings. The minimum absolute atomic E-state index is 0.0677. The fraction of sp³-hybridized carbons (Fsp3) is 0.667. The number of hydrogen-bond donors (Lipinski definition) is 1. The lowest BCUT2D eigenvalue weighted by atomic mass is 10.1. The van der Waals surface area contributed by atoms with E-state index in [0.717, 1.165) is 25.1 Å². The molecule has 20 heavy (non-hydrogen) atoms. The van der Waals surface area contributed by atoms with Crippen molar-refractivity contribution in [3.63, 3.8) is 0 Å². The molecule has 0 fully saturated rings. The molecule has 0 radical (unpaired) electrons. The summed E-state index contributed by atoms with van der Waals surface area (Å²) in [6.45, 7) is 10.9. The molecule has 0 saturated heterocycles. The summed E-state index contributed by atoms with van der Waals surface area (Å²) < 4.78 is 10.8. The summed E-state index contributed by atoms with van der Waals surface area (Å²) in [4.78, 5) is 4.25. The zero-order valence-electron chi connectivity index (χ0n) is 12.8. The summed E-state index contributed by atoms with van der Waals surface area (Å²) in [5, 5.41) is 3.93. The minimum Gasteiger partial charge on any atom is -0.474 e. The lowest BCUT2D eigenvalue weighted by molar-refractivity contribution is 0.0990. The number of rotatable bonds is 8. The minimum atomic E-state index is 0.0677. The average Bonchev–Trinajstić information content (AvgIpc) is 2.37. The number of hydrogen-bond acceptors (Lipinski definition) is 4. The number of nitrogens with zero attached hydrogens (tertiary/aromatic N) is 1. The first-order valence-electron chi connectivity index (χ1n) is 7.02. The molecule has 5 heteroatoms. The standard InChI is InChI=1S/C15H25ClN2O2/c1-5-6-19-7-8-20-14-13(16)9-12(10-17-14)11-18-15(2,3)4/h9-10,18H,5-8,11H2,1-4H3. The fourth-order valence-electron chi connectivity index (χ4n) is 1.48. The van der Waals surface area contributed by atoms with E-state index in [4.69, 9.17) is 21.1 Å². The molecule has 0 aliphatic heterocycles. The molecule has 0 aromatic carbocycles. The van der Waals surface area contributed by atoms with Gasteiger partial charge in [-0.1, -0.05) is 18.5 Å². The van der Waals surface area contributed by atoms with Gasteiger partial charge in [0.2, 0.25) is 5.88 Å². The van der Waals surface area contributed by atoms with Crippen molar-refractivity contribution in [1.29, 1.82) is 0 Å². The summed E-state index contributed by atoms with van der Waals surface area (Å²) in [7, 11) is 0. The van der Waals surface area contributed by atoms with Crippen molar-refractivity contribution in [3.05, 3.63) is 22.8 Å². The molecular weight excluding hydrogens is 276 g/mol. The summed E-state index contributed by atoms with van der Waals surface area (Å²) >= 11 is 6.16. The number of aromatic nitrogens is 1. The zero-order valence-corrected chi connectivity index (χ0v) is 13.6. The predicted molar refractivity (Wildman–Crippen MR) is 82.4 cm³/mol. The monoisotopic (exact) mass is 300 g/mol. The first-order chi connectivity index (χ1) is 9.42. The molecular formula is C15H25ClN2O2. The topological polar surface area (TPSA) is 43.4 Å². The molecule has 0 saturated carbocycles. The van der Waals surface area contributed by atoms with Gasteiger partial charge in [-0.2, -0.15) is 0 Å². The number of pyridine rings is 1. The van der Waals surface area contributed by atoms with Crippen molar-refractivity contribution in [2.24, 2.45) is 0 Å². The van der Waals surface area contributed by atoms with Gasteiger partial charge in [-0.3, -0.25) is 0 Å². The second-order valence-corrected chi connectivity index (χ2v) is 6.10. The van der Waals surface area contributed by atoms with Gasteiger partial charge in [0.15, 0.2) is 0 Å². The van der Waals surface area contributed by atoms with E-state index in [1.54, 1.807) is 6.20 Å². The third kappa shape index (κ3) is 7.08. The van der Waals surface area contributed by atoms with Crippen LogP contribution in [0.3, 0.4) is 0 Å². The lowest BCUT2D eigenvalue weighted by Crippen LogP contribution is -2.35. The van der Waals surface area contributed by atoms with Crippen LogP contribution < -0.4 is 10.1 Å². The Hall–Kier alpha value is -0.840. The fourth-order valence-corrected chi connectivity index (χ4v) is 1.72. The molecule has 1 rings (SSSR count). The first-order valence-corrected chi connectivity index (χ1v) is 7.40. The van der Waals surface area contributed by atoms with Gasteiger partial charge in [-0.05, 0) is 38.8 Å². The molecule has 114 valence electrons. The molecule has 1 aromatic heterocycles. The summed E-state index contributed by atoms with van der Waals surface area (Å²) in [5.41, 5.74) is 1.11. The van der Waals surface area contributed by atoms with Crippen LogP contribution in [0.2, 0.25) is 5.02 Å². The van der Waals surface area contributed by atoms with Gasteiger partial charge in [-0.15, -0.1) is 0 Å². The third-order valence-corrected chi connectivity index (χ3v) is 2.77. The van der Waals surface area contributed by atoms with E-state index in [9.17, 15) is 0 Å². The number of nitrogens with one attached hydrogen (secondary N) is 1.